The van der Waals surface area contributed by atoms with Crippen LogP contribution in [0.25, 0.3) is 0 Å². The van der Waals surface area contributed by atoms with E-state index < -0.39 is 0 Å². The van der Waals surface area contributed by atoms with Crippen molar-refractivity contribution in [1.82, 2.24) is 4.98 Å². The highest BCUT2D eigenvalue weighted by atomic mass is 16.5. The van der Waals surface area contributed by atoms with Crippen LogP contribution in [-0.2, 0) is 9.53 Å². The van der Waals surface area contributed by atoms with E-state index in [9.17, 15) is 4.79 Å². The molecule has 1 aliphatic heterocycles. The molecule has 21 heavy (non-hydrogen) atoms. The van der Waals surface area contributed by atoms with Gasteiger partial charge in [0.2, 0.25) is 0 Å². The number of nitrogens with zero attached hydrogens (tertiary/aromatic N) is 3. The lowest BCUT2D eigenvalue weighted by molar-refractivity contribution is -0.147. The number of carbonyl (C=O) groups is 1. The number of allylic oxidation sites excluding steroid dienone is 1. The summed E-state index contributed by atoms with van der Waals surface area (Å²) in [5.41, 5.74) is 0.557. The molecule has 0 unspecified atom stereocenters. The van der Waals surface area contributed by atoms with Gasteiger partial charge in [-0.3, -0.25) is 4.79 Å². The summed E-state index contributed by atoms with van der Waals surface area (Å²) in [5.74, 6) is 0.722. The minimum Gasteiger partial charge on any atom is -0.461 e. The molecule has 0 N–H and O–H groups in total. The number of carbonyl (C=O) groups excluding carboxylic acids is 1. The van der Waals surface area contributed by atoms with E-state index >= 15 is 0 Å². The fraction of sp³-hybridized carbons (Fsp3) is 0.438. The highest BCUT2D eigenvalue weighted by Crippen LogP contribution is 2.22. The molecule has 0 radical (unpaired) electrons. The topological polar surface area (TPSA) is 66.2 Å². The zero-order valence-corrected chi connectivity index (χ0v) is 12.2. The third-order valence-corrected chi connectivity index (χ3v) is 3.59. The Morgan fingerprint density at radius 1 is 1.52 bits per heavy atom. The summed E-state index contributed by atoms with van der Waals surface area (Å²) < 4.78 is 5.20. The van der Waals surface area contributed by atoms with Gasteiger partial charge >= 0.3 is 5.97 Å². The largest absolute Gasteiger partial charge is 0.461 e. The highest BCUT2D eigenvalue weighted by molar-refractivity contribution is 5.73. The van der Waals surface area contributed by atoms with Crippen LogP contribution >= 0.6 is 0 Å². The second kappa shape index (κ2) is 7.44. The monoisotopic (exact) mass is 285 g/mol. The quantitative estimate of drug-likeness (QED) is 0.627. The Morgan fingerprint density at radius 3 is 2.86 bits per heavy atom. The number of hydrogen-bond donors (Lipinski definition) is 0. The van der Waals surface area contributed by atoms with Gasteiger partial charge in [-0.15, -0.1) is 0 Å². The summed E-state index contributed by atoms with van der Waals surface area (Å²) in [6.07, 6.45) is 6.82. The van der Waals surface area contributed by atoms with Crippen LogP contribution in [0.5, 0.6) is 0 Å². The van der Waals surface area contributed by atoms with Gasteiger partial charge in [-0.05, 0) is 31.9 Å². The average molecular weight is 285 g/mol. The molecule has 1 aromatic heterocycles. The molecule has 0 saturated carbocycles. The van der Waals surface area contributed by atoms with E-state index in [1.54, 1.807) is 12.3 Å². The van der Waals surface area contributed by atoms with E-state index in [1.165, 1.54) is 0 Å². The molecule has 0 aromatic carbocycles. The van der Waals surface area contributed by atoms with E-state index in [0.29, 0.717) is 12.2 Å². The first-order valence-corrected chi connectivity index (χ1v) is 7.13. The predicted octanol–water partition coefficient (Wildman–Crippen LogP) is 2.29. The van der Waals surface area contributed by atoms with Gasteiger partial charge in [0, 0.05) is 19.3 Å². The molecule has 5 nitrogen and oxygen atoms in total. The molecule has 0 aliphatic carbocycles. The summed E-state index contributed by atoms with van der Waals surface area (Å²) >= 11 is 0. The molecule has 1 aromatic rings. The first-order valence-electron chi connectivity index (χ1n) is 7.13. The zero-order chi connectivity index (χ0) is 15.1. The van der Waals surface area contributed by atoms with Crippen LogP contribution in [0.15, 0.2) is 30.5 Å². The van der Waals surface area contributed by atoms with Gasteiger partial charge in [0.15, 0.2) is 0 Å². The molecule has 0 spiro atoms. The summed E-state index contributed by atoms with van der Waals surface area (Å²) in [7, 11) is 0. The van der Waals surface area contributed by atoms with Gasteiger partial charge in [-0.1, -0.05) is 12.2 Å². The normalized spacial score (nSPS) is 15.9. The van der Waals surface area contributed by atoms with Gasteiger partial charge in [0.1, 0.15) is 18.5 Å². The van der Waals surface area contributed by atoms with Gasteiger partial charge < -0.3 is 9.64 Å². The van der Waals surface area contributed by atoms with Crippen molar-refractivity contribution in [2.24, 2.45) is 5.92 Å². The van der Waals surface area contributed by atoms with E-state index in [2.05, 4.69) is 16.0 Å². The summed E-state index contributed by atoms with van der Waals surface area (Å²) in [6.45, 7) is 3.81. The van der Waals surface area contributed by atoms with Crippen LogP contribution in [0.1, 0.15) is 25.3 Å². The number of aromatic nitrogens is 1. The first kappa shape index (κ1) is 15.0. The number of hydrogen-bond acceptors (Lipinski definition) is 5. The molecule has 0 bridgehead atoms. The standard InChI is InChI=1S/C16H19N3O2/c1-2-3-10-21-16(20)14-6-8-19(9-7-14)15-5-4-13(11-17)12-18-15/h2-5,12,14H,6-10H2,1H3. The number of nitriles is 1. The molecular weight excluding hydrogens is 266 g/mol. The molecule has 110 valence electrons. The van der Waals surface area contributed by atoms with E-state index in [1.807, 2.05) is 25.1 Å². The predicted molar refractivity (Wildman–Crippen MR) is 79.7 cm³/mol. The van der Waals surface area contributed by atoms with Crippen molar-refractivity contribution in [2.75, 3.05) is 24.6 Å². The van der Waals surface area contributed by atoms with Crippen LogP contribution in [0.3, 0.4) is 0 Å². The van der Waals surface area contributed by atoms with Crippen molar-refractivity contribution in [1.29, 1.82) is 5.26 Å². The summed E-state index contributed by atoms with van der Waals surface area (Å²) in [4.78, 5) is 18.3. The Hall–Kier alpha value is -2.35. The Bertz CT molecular complexity index is 538. The maximum atomic E-state index is 11.9. The van der Waals surface area contributed by atoms with Gasteiger partial charge in [-0.2, -0.15) is 5.26 Å². The fourth-order valence-corrected chi connectivity index (χ4v) is 2.33. The number of esters is 1. The zero-order valence-electron chi connectivity index (χ0n) is 12.2. The van der Waals surface area contributed by atoms with Gasteiger partial charge in [0.05, 0.1) is 11.5 Å². The van der Waals surface area contributed by atoms with Gasteiger partial charge in [-0.25, -0.2) is 4.98 Å². The Morgan fingerprint density at radius 2 is 2.29 bits per heavy atom. The summed E-state index contributed by atoms with van der Waals surface area (Å²) in [5, 5.41) is 8.76. The second-order valence-corrected chi connectivity index (χ2v) is 4.98. The number of rotatable bonds is 4. The number of ether oxygens (including phenoxy) is 1. The van der Waals surface area contributed by atoms with Crippen molar-refractivity contribution >= 4 is 11.8 Å². The Labute approximate surface area is 124 Å². The number of anilines is 1. The lowest BCUT2D eigenvalue weighted by Crippen LogP contribution is -2.37. The third kappa shape index (κ3) is 4.06. The fourth-order valence-electron chi connectivity index (χ4n) is 2.33. The van der Waals surface area contributed by atoms with Crippen molar-refractivity contribution < 1.29 is 9.53 Å². The summed E-state index contributed by atoms with van der Waals surface area (Å²) in [6, 6.07) is 5.67. The maximum Gasteiger partial charge on any atom is 0.309 e. The first-order chi connectivity index (χ1) is 10.2. The lowest BCUT2D eigenvalue weighted by Gasteiger charge is -2.31. The van der Waals surface area contributed by atoms with E-state index in [-0.39, 0.29) is 11.9 Å². The molecular formula is C16H19N3O2. The smallest absolute Gasteiger partial charge is 0.309 e. The number of piperidine rings is 1. The van der Waals surface area contributed by atoms with Gasteiger partial charge in [0.25, 0.3) is 0 Å². The molecule has 0 amide bonds. The third-order valence-electron chi connectivity index (χ3n) is 3.59. The molecule has 1 saturated heterocycles. The Balaban J connectivity index is 1.85. The van der Waals surface area contributed by atoms with Crippen LogP contribution in [0, 0.1) is 17.2 Å². The van der Waals surface area contributed by atoms with Crippen LogP contribution in [0.2, 0.25) is 0 Å². The minimum absolute atomic E-state index is 0.0233. The number of pyridine rings is 1. The van der Waals surface area contributed by atoms with Crippen molar-refractivity contribution in [3.05, 3.63) is 36.0 Å². The van der Waals surface area contributed by atoms with E-state index in [0.717, 1.165) is 31.7 Å². The van der Waals surface area contributed by atoms with Crippen LogP contribution < -0.4 is 4.90 Å². The van der Waals surface area contributed by atoms with Crippen molar-refractivity contribution in [3.8, 4) is 6.07 Å². The molecule has 0 atom stereocenters. The van der Waals surface area contributed by atoms with Crippen LogP contribution in [0.4, 0.5) is 5.82 Å². The van der Waals surface area contributed by atoms with E-state index in [4.69, 9.17) is 10.00 Å². The molecule has 5 heteroatoms. The molecule has 2 heterocycles. The second-order valence-electron chi connectivity index (χ2n) is 4.98. The Kier molecular flexibility index (Phi) is 5.33. The lowest BCUT2D eigenvalue weighted by atomic mass is 9.97. The molecule has 1 fully saturated rings. The van der Waals surface area contributed by atoms with Crippen LogP contribution in [-0.4, -0.2) is 30.6 Å². The average Bonchev–Trinajstić information content (AvgIpc) is 2.55. The van der Waals surface area contributed by atoms with Crippen molar-refractivity contribution in [2.45, 2.75) is 19.8 Å². The molecule has 2 rings (SSSR count). The van der Waals surface area contributed by atoms with Crippen molar-refractivity contribution in [3.63, 3.8) is 0 Å². The minimum atomic E-state index is -0.111. The highest BCUT2D eigenvalue weighted by Gasteiger charge is 2.26. The SMILES string of the molecule is CC=CCOC(=O)C1CCN(c2ccc(C#N)cn2)CC1. The molecule has 1 aliphatic rings. The maximum absolute atomic E-state index is 11.9.